The summed E-state index contributed by atoms with van der Waals surface area (Å²) in [5, 5.41) is 8.87. The van der Waals surface area contributed by atoms with E-state index in [1.54, 1.807) is 30.9 Å². The van der Waals surface area contributed by atoms with Gasteiger partial charge in [0.25, 0.3) is 0 Å². The number of aryl methyl sites for hydroxylation is 2. The number of rotatable bonds is 8. The van der Waals surface area contributed by atoms with E-state index in [-0.39, 0.29) is 37.3 Å². The van der Waals surface area contributed by atoms with Gasteiger partial charge in [-0.1, -0.05) is 61.5 Å². The van der Waals surface area contributed by atoms with E-state index in [9.17, 15) is 19.2 Å². The number of para-hydroxylation sites is 1. The molecule has 0 spiro atoms. The van der Waals surface area contributed by atoms with Gasteiger partial charge in [-0.15, -0.1) is 0 Å². The van der Waals surface area contributed by atoms with Gasteiger partial charge in [-0.05, 0) is 92.8 Å². The average molecular weight is 683 g/mol. The van der Waals surface area contributed by atoms with Crippen LogP contribution in [0.1, 0.15) is 62.6 Å². The highest BCUT2D eigenvalue weighted by Crippen LogP contribution is 2.25. The Bertz CT molecular complexity index is 1620. The fraction of sp³-hybridized carbons (Fsp3) is 0.450. The first kappa shape index (κ1) is 36.4. The molecule has 4 amide bonds. The molecular formula is C40H50N4O6. The van der Waals surface area contributed by atoms with Crippen LogP contribution in [0.4, 0.5) is 0 Å². The first-order valence-electron chi connectivity index (χ1n) is 17.7. The molecule has 4 atom stereocenters. The zero-order valence-corrected chi connectivity index (χ0v) is 29.4. The van der Waals surface area contributed by atoms with E-state index in [4.69, 9.17) is 9.47 Å². The van der Waals surface area contributed by atoms with Crippen LogP contribution in [0.15, 0.2) is 78.9 Å². The zero-order valence-electron chi connectivity index (χ0n) is 29.4. The molecule has 3 aromatic rings. The minimum atomic E-state index is -1.36. The highest BCUT2D eigenvalue weighted by molar-refractivity contribution is 5.97. The molecule has 266 valence electrons. The number of piperidine rings is 1. The topological polar surface area (TPSA) is 126 Å². The van der Waals surface area contributed by atoms with Crippen LogP contribution in [0.3, 0.4) is 0 Å². The van der Waals surface area contributed by atoms with Gasteiger partial charge in [-0.3, -0.25) is 19.2 Å². The lowest BCUT2D eigenvalue weighted by molar-refractivity contribution is -0.143. The fourth-order valence-electron chi connectivity index (χ4n) is 6.64. The molecule has 1 saturated heterocycles. The molecule has 0 aliphatic carbocycles. The Kier molecular flexibility index (Phi) is 12.5. The lowest BCUT2D eigenvalue weighted by Crippen LogP contribution is -2.63. The Morgan fingerprint density at radius 3 is 2.52 bits per heavy atom. The van der Waals surface area contributed by atoms with E-state index in [0.717, 1.165) is 41.7 Å². The van der Waals surface area contributed by atoms with Crippen molar-refractivity contribution in [3.63, 3.8) is 0 Å². The van der Waals surface area contributed by atoms with Crippen LogP contribution in [0.5, 0.6) is 11.5 Å². The van der Waals surface area contributed by atoms with E-state index in [0.29, 0.717) is 38.3 Å². The number of fused-ring (bicyclic) bond motifs is 4. The second kappa shape index (κ2) is 17.2. The summed E-state index contributed by atoms with van der Waals surface area (Å²) in [5.41, 5.74) is 1.58. The standard InChI is InChI=1S/C40H50N4O6/c1-28-16-17-34-25-32(28)26-41-39(48)40(3,21-18-30-11-6-4-7-12-30)43-37(46)36(42-35(45)20-24-49-33-14-8-5-9-15-33)29(2)38(47)44-22-10-13-31(27-44)19-23-50-34/h4-9,11-12,14-17,25,29,31,36H,10,13,18-24,26-27H2,1-3H3,(H,41,48)(H,42,45)(H,43,46)/t29?,31?,36-,40+/m0/s1. The van der Waals surface area contributed by atoms with E-state index in [2.05, 4.69) is 16.0 Å². The summed E-state index contributed by atoms with van der Waals surface area (Å²) in [6, 6.07) is 23.6. The van der Waals surface area contributed by atoms with Crippen LogP contribution in [0.25, 0.3) is 0 Å². The third-order valence-corrected chi connectivity index (χ3v) is 9.87. The Hall–Kier alpha value is -4.86. The van der Waals surface area contributed by atoms with Crippen molar-refractivity contribution < 1.29 is 28.7 Å². The number of ether oxygens (including phenoxy) is 2. The second-order valence-corrected chi connectivity index (χ2v) is 13.8. The third-order valence-electron chi connectivity index (χ3n) is 9.87. The fourth-order valence-corrected chi connectivity index (χ4v) is 6.64. The quantitative estimate of drug-likeness (QED) is 0.316. The van der Waals surface area contributed by atoms with Crippen LogP contribution in [0.2, 0.25) is 0 Å². The van der Waals surface area contributed by atoms with Gasteiger partial charge in [-0.2, -0.15) is 0 Å². The molecule has 10 nitrogen and oxygen atoms in total. The SMILES string of the molecule is Cc1ccc2cc1CNC(=O)[C@@](C)(CCc1ccccc1)NC(=O)[C@@H](NC(=O)CCOc1ccccc1)C(C)C(=O)N1CCCC(CCO2)C1. The summed E-state index contributed by atoms with van der Waals surface area (Å²) in [5.74, 6) is -0.870. The summed E-state index contributed by atoms with van der Waals surface area (Å²) in [6.45, 7) is 7.33. The smallest absolute Gasteiger partial charge is 0.245 e. The van der Waals surface area contributed by atoms with Crippen LogP contribution in [-0.4, -0.2) is 66.4 Å². The minimum Gasteiger partial charge on any atom is -0.494 e. The minimum absolute atomic E-state index is 0.0183. The normalized spacial score (nSPS) is 23.4. The Morgan fingerprint density at radius 2 is 1.76 bits per heavy atom. The van der Waals surface area contributed by atoms with Crippen molar-refractivity contribution in [1.82, 2.24) is 20.9 Å². The van der Waals surface area contributed by atoms with Gasteiger partial charge in [0.2, 0.25) is 23.6 Å². The first-order valence-corrected chi connectivity index (χ1v) is 17.7. The molecular weight excluding hydrogens is 632 g/mol. The lowest BCUT2D eigenvalue weighted by atomic mass is 9.89. The summed E-state index contributed by atoms with van der Waals surface area (Å²) in [6.07, 6.45) is 3.39. The number of nitrogens with zero attached hydrogens (tertiary/aromatic N) is 1. The summed E-state index contributed by atoms with van der Waals surface area (Å²) in [7, 11) is 0. The van der Waals surface area contributed by atoms with Gasteiger partial charge in [0, 0.05) is 19.6 Å². The maximum Gasteiger partial charge on any atom is 0.245 e. The number of hydrogen-bond acceptors (Lipinski definition) is 6. The predicted octanol–water partition coefficient (Wildman–Crippen LogP) is 4.73. The van der Waals surface area contributed by atoms with Crippen LogP contribution in [0, 0.1) is 18.8 Å². The number of amides is 4. The molecule has 3 aromatic carbocycles. The molecule has 1 fully saturated rings. The number of benzene rings is 3. The van der Waals surface area contributed by atoms with E-state index >= 15 is 0 Å². The van der Waals surface area contributed by atoms with Crippen LogP contribution < -0.4 is 25.4 Å². The van der Waals surface area contributed by atoms with Gasteiger partial charge in [0.1, 0.15) is 23.1 Å². The van der Waals surface area contributed by atoms with Crippen molar-refractivity contribution in [2.24, 2.45) is 11.8 Å². The highest BCUT2D eigenvalue weighted by atomic mass is 16.5. The highest BCUT2D eigenvalue weighted by Gasteiger charge is 2.41. The lowest BCUT2D eigenvalue weighted by Gasteiger charge is -2.37. The van der Waals surface area contributed by atoms with E-state index in [1.807, 2.05) is 73.7 Å². The van der Waals surface area contributed by atoms with E-state index < -0.39 is 29.3 Å². The van der Waals surface area contributed by atoms with E-state index in [1.165, 1.54) is 0 Å². The van der Waals surface area contributed by atoms with Crippen molar-refractivity contribution in [2.75, 3.05) is 26.3 Å². The van der Waals surface area contributed by atoms with Gasteiger partial charge < -0.3 is 30.3 Å². The van der Waals surface area contributed by atoms with Gasteiger partial charge in [-0.25, -0.2) is 0 Å². The second-order valence-electron chi connectivity index (χ2n) is 13.8. The number of hydrogen-bond donors (Lipinski definition) is 3. The number of nitrogens with one attached hydrogen (secondary N) is 3. The Labute approximate surface area is 295 Å². The average Bonchev–Trinajstić information content (AvgIpc) is 3.13. The largest absolute Gasteiger partial charge is 0.494 e. The molecule has 10 heteroatoms. The van der Waals surface area contributed by atoms with Gasteiger partial charge >= 0.3 is 0 Å². The third kappa shape index (κ3) is 9.86. The van der Waals surface area contributed by atoms with Crippen molar-refractivity contribution in [2.45, 2.75) is 77.4 Å². The molecule has 2 aliphatic rings. The van der Waals surface area contributed by atoms with Crippen molar-refractivity contribution in [3.05, 3.63) is 95.6 Å². The predicted molar refractivity (Wildman–Crippen MR) is 191 cm³/mol. The van der Waals surface area contributed by atoms with Crippen molar-refractivity contribution in [1.29, 1.82) is 0 Å². The van der Waals surface area contributed by atoms with Crippen LogP contribution in [-0.2, 0) is 32.1 Å². The molecule has 0 aromatic heterocycles. The molecule has 4 bridgehead atoms. The Balaban J connectivity index is 1.42. The molecule has 0 saturated carbocycles. The zero-order chi connectivity index (χ0) is 35.5. The van der Waals surface area contributed by atoms with Crippen molar-refractivity contribution in [3.8, 4) is 11.5 Å². The molecule has 50 heavy (non-hydrogen) atoms. The Morgan fingerprint density at radius 1 is 1.02 bits per heavy atom. The number of carbonyl (C=O) groups excluding carboxylic acids is 4. The molecule has 2 heterocycles. The van der Waals surface area contributed by atoms with Gasteiger partial charge in [0.05, 0.1) is 25.6 Å². The summed E-state index contributed by atoms with van der Waals surface area (Å²) in [4.78, 5) is 57.5. The van der Waals surface area contributed by atoms with Gasteiger partial charge in [0.15, 0.2) is 0 Å². The molecule has 3 N–H and O–H groups in total. The maximum atomic E-state index is 14.3. The first-order chi connectivity index (χ1) is 24.1. The number of carbonyl (C=O) groups is 4. The maximum absolute atomic E-state index is 14.3. The van der Waals surface area contributed by atoms with Crippen LogP contribution >= 0.6 is 0 Å². The summed E-state index contributed by atoms with van der Waals surface area (Å²) < 4.78 is 11.9. The molecule has 0 radical (unpaired) electrons. The molecule has 5 rings (SSSR count). The summed E-state index contributed by atoms with van der Waals surface area (Å²) >= 11 is 0. The molecule has 2 aliphatic heterocycles. The monoisotopic (exact) mass is 682 g/mol. The molecule has 2 unspecified atom stereocenters. The van der Waals surface area contributed by atoms with Crippen molar-refractivity contribution >= 4 is 23.6 Å².